The fourth-order valence-corrected chi connectivity index (χ4v) is 3.87. The lowest BCUT2D eigenvalue weighted by atomic mass is 10.1. The number of aryl methyl sites for hydroxylation is 3. The van der Waals surface area contributed by atoms with Crippen molar-refractivity contribution in [1.29, 1.82) is 0 Å². The summed E-state index contributed by atoms with van der Waals surface area (Å²) in [6, 6.07) is 14.4. The average molecular weight is 375 g/mol. The number of carbonyl (C=O) groups excluding carboxylic acids is 1. The number of thiazole rings is 1. The van der Waals surface area contributed by atoms with Crippen molar-refractivity contribution in [1.82, 2.24) is 9.97 Å². The van der Waals surface area contributed by atoms with Crippen LogP contribution in [0.3, 0.4) is 0 Å². The number of para-hydroxylation sites is 1. The lowest BCUT2D eigenvalue weighted by Crippen LogP contribution is -2.12. The van der Waals surface area contributed by atoms with Crippen LogP contribution in [0.15, 0.2) is 54.0 Å². The summed E-state index contributed by atoms with van der Waals surface area (Å²) in [4.78, 5) is 20.1. The summed E-state index contributed by atoms with van der Waals surface area (Å²) in [6.07, 6.45) is 3.12. The van der Waals surface area contributed by atoms with Crippen molar-refractivity contribution in [2.24, 2.45) is 0 Å². The van der Waals surface area contributed by atoms with Gasteiger partial charge in [-0.1, -0.05) is 30.3 Å². The highest BCUT2D eigenvalue weighted by Crippen LogP contribution is 2.26. The van der Waals surface area contributed by atoms with E-state index in [0.29, 0.717) is 18.0 Å². The van der Waals surface area contributed by atoms with E-state index in [1.165, 1.54) is 27.8 Å². The number of amides is 1. The largest absolute Gasteiger partial charge is 0.361 e. The molecule has 0 aliphatic heterocycles. The molecule has 0 saturated heterocycles. The van der Waals surface area contributed by atoms with Gasteiger partial charge < -0.3 is 10.3 Å². The van der Waals surface area contributed by atoms with Crippen LogP contribution in [0.25, 0.3) is 22.2 Å². The second kappa shape index (κ2) is 7.37. The number of hydrogen-bond donors (Lipinski definition) is 2. The molecular formula is C22H21N3OS. The van der Waals surface area contributed by atoms with Crippen molar-refractivity contribution >= 4 is 33.3 Å². The summed E-state index contributed by atoms with van der Waals surface area (Å²) in [5.41, 5.74) is 6.75. The molecule has 0 fully saturated rings. The molecule has 4 nitrogen and oxygen atoms in total. The molecule has 5 heteroatoms. The third-order valence-electron chi connectivity index (χ3n) is 4.85. The quantitative estimate of drug-likeness (QED) is 0.485. The number of hydrogen-bond acceptors (Lipinski definition) is 3. The lowest BCUT2D eigenvalue weighted by molar-refractivity contribution is -0.116. The minimum atomic E-state index is -0.0127. The number of H-pyrrole nitrogens is 1. The minimum Gasteiger partial charge on any atom is -0.361 e. The third-order valence-corrected chi connectivity index (χ3v) is 5.61. The molecular weight excluding hydrogens is 354 g/mol. The molecule has 2 aromatic heterocycles. The molecule has 2 N–H and O–H groups in total. The van der Waals surface area contributed by atoms with Gasteiger partial charge in [-0.15, -0.1) is 11.3 Å². The molecule has 0 aliphatic carbocycles. The van der Waals surface area contributed by atoms with Crippen molar-refractivity contribution in [2.45, 2.75) is 26.7 Å². The maximum Gasteiger partial charge on any atom is 0.226 e. The number of nitrogens with one attached hydrogen (secondary N) is 2. The smallest absolute Gasteiger partial charge is 0.226 e. The third kappa shape index (κ3) is 3.78. The van der Waals surface area contributed by atoms with Gasteiger partial charge in [-0.2, -0.15) is 0 Å². The highest BCUT2D eigenvalue weighted by molar-refractivity contribution is 7.14. The first-order chi connectivity index (χ1) is 13.1. The first-order valence-corrected chi connectivity index (χ1v) is 9.86. The minimum absolute atomic E-state index is 0.0127. The standard InChI is InChI=1S/C22H21N3OS/c1-14-7-8-16(11-15(14)2)20-13-27-22(24-20)25-21(26)10-9-17-12-23-19-6-4-3-5-18(17)19/h3-8,11-13,23H,9-10H2,1-2H3,(H,24,25,26). The number of nitrogens with zero attached hydrogens (tertiary/aromatic N) is 1. The van der Waals surface area contributed by atoms with Crippen LogP contribution in [0, 0.1) is 13.8 Å². The molecule has 4 aromatic rings. The molecule has 0 atom stereocenters. The summed E-state index contributed by atoms with van der Waals surface area (Å²) in [5.74, 6) is -0.0127. The normalized spacial score (nSPS) is 11.0. The fraction of sp³-hybridized carbons (Fsp3) is 0.182. The molecule has 0 bridgehead atoms. The molecule has 136 valence electrons. The first-order valence-electron chi connectivity index (χ1n) is 8.98. The van der Waals surface area contributed by atoms with Crippen molar-refractivity contribution in [3.05, 3.63) is 70.7 Å². The monoisotopic (exact) mass is 375 g/mol. The maximum atomic E-state index is 12.3. The number of aromatic amines is 1. The Labute approximate surface area is 162 Å². The van der Waals surface area contributed by atoms with Crippen molar-refractivity contribution in [2.75, 3.05) is 5.32 Å². The fourth-order valence-electron chi connectivity index (χ4n) is 3.13. The molecule has 0 spiro atoms. The van der Waals surface area contributed by atoms with E-state index >= 15 is 0 Å². The Morgan fingerprint density at radius 3 is 2.85 bits per heavy atom. The van der Waals surface area contributed by atoms with Crippen LogP contribution < -0.4 is 5.32 Å². The summed E-state index contributed by atoms with van der Waals surface area (Å²) in [5, 5.41) is 6.74. The van der Waals surface area contributed by atoms with Gasteiger partial charge in [0.05, 0.1) is 5.69 Å². The second-order valence-electron chi connectivity index (χ2n) is 6.74. The van der Waals surface area contributed by atoms with Crippen molar-refractivity contribution < 1.29 is 4.79 Å². The zero-order chi connectivity index (χ0) is 18.8. The van der Waals surface area contributed by atoms with E-state index in [0.717, 1.165) is 22.3 Å². The molecule has 2 aromatic carbocycles. The molecule has 27 heavy (non-hydrogen) atoms. The highest BCUT2D eigenvalue weighted by atomic mass is 32.1. The van der Waals surface area contributed by atoms with E-state index < -0.39 is 0 Å². The molecule has 2 heterocycles. The Balaban J connectivity index is 1.40. The van der Waals surface area contributed by atoms with Crippen LogP contribution in [0.4, 0.5) is 5.13 Å². The van der Waals surface area contributed by atoms with Crippen LogP contribution in [0.2, 0.25) is 0 Å². The second-order valence-corrected chi connectivity index (χ2v) is 7.60. The summed E-state index contributed by atoms with van der Waals surface area (Å²) >= 11 is 1.46. The van der Waals surface area contributed by atoms with E-state index in [1.807, 2.05) is 29.8 Å². The highest BCUT2D eigenvalue weighted by Gasteiger charge is 2.10. The van der Waals surface area contributed by atoms with Gasteiger partial charge in [-0.25, -0.2) is 4.98 Å². The predicted octanol–water partition coefficient (Wildman–Crippen LogP) is 5.48. The Hall–Kier alpha value is -2.92. The number of aromatic nitrogens is 2. The van der Waals surface area contributed by atoms with Gasteiger partial charge in [-0.05, 0) is 49.1 Å². The number of fused-ring (bicyclic) bond motifs is 1. The molecule has 0 aliphatic rings. The van der Waals surface area contributed by atoms with E-state index in [9.17, 15) is 4.79 Å². The van der Waals surface area contributed by atoms with Gasteiger partial charge in [-0.3, -0.25) is 4.79 Å². The zero-order valence-corrected chi connectivity index (χ0v) is 16.2. The van der Waals surface area contributed by atoms with Crippen molar-refractivity contribution in [3.8, 4) is 11.3 Å². The van der Waals surface area contributed by atoms with Crippen LogP contribution >= 0.6 is 11.3 Å². The molecule has 0 unspecified atom stereocenters. The van der Waals surface area contributed by atoms with E-state index in [2.05, 4.69) is 53.4 Å². The number of benzene rings is 2. The zero-order valence-electron chi connectivity index (χ0n) is 15.4. The molecule has 1 amide bonds. The Kier molecular flexibility index (Phi) is 4.77. The summed E-state index contributed by atoms with van der Waals surface area (Å²) in [6.45, 7) is 4.19. The van der Waals surface area contributed by atoms with Crippen LogP contribution in [0.5, 0.6) is 0 Å². The van der Waals surface area contributed by atoms with Gasteiger partial charge in [0.15, 0.2) is 5.13 Å². The molecule has 0 saturated carbocycles. The topological polar surface area (TPSA) is 57.8 Å². The maximum absolute atomic E-state index is 12.3. The SMILES string of the molecule is Cc1ccc(-c2csc(NC(=O)CCc3c[nH]c4ccccc34)n2)cc1C. The van der Waals surface area contributed by atoms with Crippen LogP contribution in [0.1, 0.15) is 23.1 Å². The van der Waals surface area contributed by atoms with Crippen LogP contribution in [-0.4, -0.2) is 15.9 Å². The average Bonchev–Trinajstić information content (AvgIpc) is 3.29. The first kappa shape index (κ1) is 17.5. The summed E-state index contributed by atoms with van der Waals surface area (Å²) in [7, 11) is 0. The Morgan fingerprint density at radius 2 is 2.00 bits per heavy atom. The van der Waals surface area contributed by atoms with E-state index in [-0.39, 0.29) is 5.91 Å². The van der Waals surface area contributed by atoms with Gasteiger partial charge in [0, 0.05) is 34.5 Å². The van der Waals surface area contributed by atoms with Crippen LogP contribution in [-0.2, 0) is 11.2 Å². The number of rotatable bonds is 5. The van der Waals surface area contributed by atoms with E-state index in [1.54, 1.807) is 0 Å². The molecule has 4 rings (SSSR count). The number of carbonyl (C=O) groups is 1. The van der Waals surface area contributed by atoms with Gasteiger partial charge in [0.1, 0.15) is 0 Å². The Bertz CT molecular complexity index is 1110. The summed E-state index contributed by atoms with van der Waals surface area (Å²) < 4.78 is 0. The van der Waals surface area contributed by atoms with Gasteiger partial charge >= 0.3 is 0 Å². The van der Waals surface area contributed by atoms with Crippen molar-refractivity contribution in [3.63, 3.8) is 0 Å². The van der Waals surface area contributed by atoms with E-state index in [4.69, 9.17) is 0 Å². The van der Waals surface area contributed by atoms with Gasteiger partial charge in [0.25, 0.3) is 0 Å². The number of anilines is 1. The lowest BCUT2D eigenvalue weighted by Gasteiger charge is -2.03. The van der Waals surface area contributed by atoms with Gasteiger partial charge in [0.2, 0.25) is 5.91 Å². The Morgan fingerprint density at radius 1 is 1.15 bits per heavy atom. The molecule has 0 radical (unpaired) electrons. The predicted molar refractivity (Wildman–Crippen MR) is 112 cm³/mol.